The third-order valence-corrected chi connectivity index (χ3v) is 4.46. The molecule has 0 saturated carbocycles. The summed E-state index contributed by atoms with van der Waals surface area (Å²) in [5.41, 5.74) is 3.98. The van der Waals surface area contributed by atoms with Crippen molar-refractivity contribution in [3.63, 3.8) is 0 Å². The van der Waals surface area contributed by atoms with Gasteiger partial charge in [-0.05, 0) is 58.2 Å². The van der Waals surface area contributed by atoms with Gasteiger partial charge in [-0.1, -0.05) is 12.1 Å². The molecule has 0 aromatic heterocycles. The van der Waals surface area contributed by atoms with Crippen LogP contribution in [0.25, 0.3) is 0 Å². The van der Waals surface area contributed by atoms with Gasteiger partial charge in [0.15, 0.2) is 0 Å². The van der Waals surface area contributed by atoms with Crippen molar-refractivity contribution in [1.82, 2.24) is 5.43 Å². The average molecular weight is 292 g/mol. The maximum absolute atomic E-state index is 6.19. The number of nitrogens with two attached hydrogens (primary N) is 1. The van der Waals surface area contributed by atoms with E-state index in [4.69, 9.17) is 15.3 Å². The molecule has 0 spiro atoms. The molecule has 2 atom stereocenters. The van der Waals surface area contributed by atoms with Crippen LogP contribution in [-0.4, -0.2) is 24.4 Å². The van der Waals surface area contributed by atoms with Crippen molar-refractivity contribution in [1.29, 1.82) is 0 Å². The molecule has 1 aliphatic heterocycles. The zero-order chi connectivity index (χ0) is 15.7. The summed E-state index contributed by atoms with van der Waals surface area (Å²) >= 11 is 0. The van der Waals surface area contributed by atoms with Crippen molar-refractivity contribution < 1.29 is 9.47 Å². The van der Waals surface area contributed by atoms with Gasteiger partial charge in [0.05, 0.1) is 18.3 Å². The van der Waals surface area contributed by atoms with Gasteiger partial charge in [-0.15, -0.1) is 0 Å². The van der Waals surface area contributed by atoms with Gasteiger partial charge in [0.1, 0.15) is 5.75 Å². The molecule has 1 saturated heterocycles. The van der Waals surface area contributed by atoms with Crippen LogP contribution < -0.4 is 16.0 Å². The fraction of sp³-hybridized carbons (Fsp3) is 0.647. The number of nitrogens with one attached hydrogen (secondary N) is 1. The van der Waals surface area contributed by atoms with Crippen LogP contribution in [0.5, 0.6) is 5.75 Å². The Bertz CT molecular complexity index is 468. The van der Waals surface area contributed by atoms with Gasteiger partial charge in [0.2, 0.25) is 0 Å². The minimum atomic E-state index is -0.174. The highest BCUT2D eigenvalue weighted by atomic mass is 16.5. The standard InChI is InChI=1S/C17H28N2O2/c1-16(2)11-14(17(3,4)21-16)15(19-18)10-12-6-8-13(20-5)9-7-12/h6-9,14-15,19H,10-11,18H2,1-5H3. The molecule has 1 aliphatic rings. The van der Waals surface area contributed by atoms with Crippen LogP contribution in [0.1, 0.15) is 39.7 Å². The van der Waals surface area contributed by atoms with Crippen LogP contribution in [0.4, 0.5) is 0 Å². The monoisotopic (exact) mass is 292 g/mol. The first-order valence-corrected chi connectivity index (χ1v) is 7.56. The summed E-state index contributed by atoms with van der Waals surface area (Å²) < 4.78 is 11.4. The fourth-order valence-corrected chi connectivity index (χ4v) is 3.56. The summed E-state index contributed by atoms with van der Waals surface area (Å²) in [4.78, 5) is 0. The number of benzene rings is 1. The summed E-state index contributed by atoms with van der Waals surface area (Å²) in [6, 6.07) is 8.36. The van der Waals surface area contributed by atoms with Crippen LogP contribution in [-0.2, 0) is 11.2 Å². The minimum absolute atomic E-state index is 0.0941. The summed E-state index contributed by atoms with van der Waals surface area (Å²) in [5, 5.41) is 0. The summed E-state index contributed by atoms with van der Waals surface area (Å²) in [6.07, 6.45) is 1.89. The molecule has 1 fully saturated rings. The SMILES string of the molecule is COc1ccc(CC(NN)C2CC(C)(C)OC2(C)C)cc1. The normalized spacial score (nSPS) is 24.8. The van der Waals surface area contributed by atoms with E-state index in [1.165, 1.54) is 5.56 Å². The molecule has 1 aromatic carbocycles. The Labute approximate surface area is 128 Å². The number of rotatable bonds is 5. The summed E-state index contributed by atoms with van der Waals surface area (Å²) in [7, 11) is 1.68. The van der Waals surface area contributed by atoms with Crippen LogP contribution >= 0.6 is 0 Å². The zero-order valence-electron chi connectivity index (χ0n) is 13.8. The van der Waals surface area contributed by atoms with Crippen molar-refractivity contribution >= 4 is 0 Å². The van der Waals surface area contributed by atoms with Crippen molar-refractivity contribution in [2.24, 2.45) is 11.8 Å². The molecule has 4 heteroatoms. The molecular weight excluding hydrogens is 264 g/mol. The van der Waals surface area contributed by atoms with Crippen LogP contribution in [0, 0.1) is 5.92 Å². The molecule has 2 unspecified atom stereocenters. The topological polar surface area (TPSA) is 56.5 Å². The van der Waals surface area contributed by atoms with E-state index in [2.05, 4.69) is 45.3 Å². The highest BCUT2D eigenvalue weighted by Gasteiger charge is 2.48. The first kappa shape index (κ1) is 16.3. The van der Waals surface area contributed by atoms with Crippen molar-refractivity contribution in [2.75, 3.05) is 7.11 Å². The molecule has 4 nitrogen and oxygen atoms in total. The van der Waals surface area contributed by atoms with Crippen LogP contribution in [0.2, 0.25) is 0 Å². The predicted octanol–water partition coefficient (Wildman–Crippen LogP) is 2.66. The van der Waals surface area contributed by atoms with E-state index in [9.17, 15) is 0 Å². The Balaban J connectivity index is 2.12. The van der Waals surface area contributed by atoms with Crippen LogP contribution in [0.3, 0.4) is 0 Å². The molecule has 0 radical (unpaired) electrons. The van der Waals surface area contributed by atoms with Gasteiger partial charge < -0.3 is 9.47 Å². The molecule has 2 rings (SSSR count). The number of methoxy groups -OCH3 is 1. The summed E-state index contributed by atoms with van der Waals surface area (Å²) in [5.74, 6) is 7.09. The van der Waals surface area contributed by atoms with Gasteiger partial charge in [-0.3, -0.25) is 11.3 Å². The molecule has 21 heavy (non-hydrogen) atoms. The predicted molar refractivity (Wildman–Crippen MR) is 85.2 cm³/mol. The van der Waals surface area contributed by atoms with E-state index in [0.29, 0.717) is 5.92 Å². The number of ether oxygens (including phenoxy) is 2. The largest absolute Gasteiger partial charge is 0.497 e. The van der Waals surface area contributed by atoms with Gasteiger partial charge >= 0.3 is 0 Å². The van der Waals surface area contributed by atoms with E-state index in [-0.39, 0.29) is 17.2 Å². The maximum Gasteiger partial charge on any atom is 0.118 e. The van der Waals surface area contributed by atoms with E-state index in [1.807, 2.05) is 12.1 Å². The molecule has 1 aromatic rings. The van der Waals surface area contributed by atoms with E-state index < -0.39 is 0 Å². The third kappa shape index (κ3) is 3.76. The lowest BCUT2D eigenvalue weighted by Crippen LogP contribution is -2.48. The van der Waals surface area contributed by atoms with Gasteiger partial charge in [-0.2, -0.15) is 0 Å². The smallest absolute Gasteiger partial charge is 0.118 e. The Kier molecular flexibility index (Phi) is 4.61. The second kappa shape index (κ2) is 5.95. The lowest BCUT2D eigenvalue weighted by atomic mass is 9.79. The fourth-order valence-electron chi connectivity index (χ4n) is 3.56. The summed E-state index contributed by atoms with van der Waals surface area (Å²) in [6.45, 7) is 8.61. The Morgan fingerprint density at radius 3 is 2.33 bits per heavy atom. The maximum atomic E-state index is 6.19. The molecule has 0 aliphatic carbocycles. The molecule has 1 heterocycles. The first-order valence-electron chi connectivity index (χ1n) is 7.56. The highest BCUT2D eigenvalue weighted by Crippen LogP contribution is 2.44. The quantitative estimate of drug-likeness (QED) is 0.647. The Hall–Kier alpha value is -1.10. The second-order valence-corrected chi connectivity index (χ2v) is 7.10. The lowest BCUT2D eigenvalue weighted by Gasteiger charge is -2.32. The van der Waals surface area contributed by atoms with Crippen molar-refractivity contribution in [2.45, 2.75) is 57.8 Å². The van der Waals surface area contributed by atoms with Crippen LogP contribution in [0.15, 0.2) is 24.3 Å². The molecule has 0 bridgehead atoms. The zero-order valence-corrected chi connectivity index (χ0v) is 13.8. The Morgan fingerprint density at radius 2 is 1.90 bits per heavy atom. The van der Waals surface area contributed by atoms with E-state index >= 15 is 0 Å². The first-order chi connectivity index (χ1) is 9.77. The van der Waals surface area contributed by atoms with Crippen molar-refractivity contribution in [3.8, 4) is 5.75 Å². The highest BCUT2D eigenvalue weighted by molar-refractivity contribution is 5.28. The number of hydrogen-bond acceptors (Lipinski definition) is 4. The molecular formula is C17H28N2O2. The average Bonchev–Trinajstić information content (AvgIpc) is 2.64. The molecule has 118 valence electrons. The van der Waals surface area contributed by atoms with E-state index in [1.54, 1.807) is 7.11 Å². The number of hydrazine groups is 1. The second-order valence-electron chi connectivity index (χ2n) is 7.10. The minimum Gasteiger partial charge on any atom is -0.497 e. The van der Waals surface area contributed by atoms with Gasteiger partial charge in [0, 0.05) is 12.0 Å². The van der Waals surface area contributed by atoms with Gasteiger partial charge in [0.25, 0.3) is 0 Å². The van der Waals surface area contributed by atoms with Crippen molar-refractivity contribution in [3.05, 3.63) is 29.8 Å². The van der Waals surface area contributed by atoms with Gasteiger partial charge in [-0.25, -0.2) is 0 Å². The van der Waals surface area contributed by atoms with E-state index in [0.717, 1.165) is 18.6 Å². The lowest BCUT2D eigenvalue weighted by molar-refractivity contribution is -0.0776. The third-order valence-electron chi connectivity index (χ3n) is 4.46. The number of hydrogen-bond donors (Lipinski definition) is 2. The molecule has 0 amide bonds. The molecule has 3 N–H and O–H groups in total. The Morgan fingerprint density at radius 1 is 1.29 bits per heavy atom.